The van der Waals surface area contributed by atoms with Crippen molar-refractivity contribution in [1.29, 1.82) is 0 Å². The van der Waals surface area contributed by atoms with Gasteiger partial charge in [0.2, 0.25) is 0 Å². The van der Waals surface area contributed by atoms with Crippen LogP contribution < -0.4 is 5.63 Å². The maximum atomic E-state index is 13.1. The van der Waals surface area contributed by atoms with Gasteiger partial charge in [-0.1, -0.05) is 88.7 Å². The van der Waals surface area contributed by atoms with Gasteiger partial charge >= 0.3 is 5.63 Å². The number of hydrogen-bond acceptors (Lipinski definition) is 2. The molecule has 0 aliphatic heterocycles. The van der Waals surface area contributed by atoms with Gasteiger partial charge in [0, 0.05) is 31.6 Å². The molecule has 0 spiro atoms. The summed E-state index contributed by atoms with van der Waals surface area (Å²) in [7, 11) is 0. The number of hydrogen-bond donors (Lipinski definition) is 0. The Labute approximate surface area is 209 Å². The summed E-state index contributed by atoms with van der Waals surface area (Å²) < 4.78 is 8.97. The van der Waals surface area contributed by atoms with Crippen molar-refractivity contribution in [2.24, 2.45) is 0 Å². The molecule has 4 heteroatoms. The number of nitrogens with zero attached hydrogens (tertiary/aromatic N) is 1. The van der Waals surface area contributed by atoms with Crippen LogP contribution in [-0.4, -0.2) is 4.57 Å². The number of benzene rings is 5. The molecule has 0 fully saturated rings. The first-order valence-corrected chi connectivity index (χ1v) is 12.2. The van der Waals surface area contributed by atoms with Crippen LogP contribution in [0.15, 0.2) is 123 Å². The first kappa shape index (κ1) is 20.2. The van der Waals surface area contributed by atoms with Gasteiger partial charge in [0.1, 0.15) is 5.58 Å². The van der Waals surface area contributed by atoms with Crippen molar-refractivity contribution in [3.05, 3.63) is 124 Å². The summed E-state index contributed by atoms with van der Waals surface area (Å²) in [6.45, 7) is 0. The van der Waals surface area contributed by atoms with Gasteiger partial charge in [0.25, 0.3) is 0 Å². The second-order valence-corrected chi connectivity index (χ2v) is 9.50. The van der Waals surface area contributed by atoms with E-state index >= 15 is 0 Å². The van der Waals surface area contributed by atoms with Gasteiger partial charge < -0.3 is 8.98 Å². The second kappa shape index (κ2) is 7.69. The summed E-state index contributed by atoms with van der Waals surface area (Å²) in [5.74, 6) is 0. The molecule has 2 aromatic heterocycles. The fourth-order valence-electron chi connectivity index (χ4n) is 5.18. The smallest absolute Gasteiger partial charge is 0.344 e. The lowest BCUT2D eigenvalue weighted by Crippen LogP contribution is -2.01. The van der Waals surface area contributed by atoms with E-state index in [1.54, 1.807) is 0 Å². The van der Waals surface area contributed by atoms with Crippen molar-refractivity contribution in [2.45, 2.75) is 0 Å². The highest BCUT2D eigenvalue weighted by atomic mass is 79.9. The zero-order valence-corrected chi connectivity index (χ0v) is 20.1. The minimum atomic E-state index is -0.323. The summed E-state index contributed by atoms with van der Waals surface area (Å²) in [5, 5.41) is 4.67. The zero-order valence-electron chi connectivity index (χ0n) is 18.5. The van der Waals surface area contributed by atoms with Crippen LogP contribution in [0.4, 0.5) is 0 Å². The third kappa shape index (κ3) is 3.00. The molecule has 0 saturated carbocycles. The minimum absolute atomic E-state index is 0.323. The fraction of sp³-hybridized carbons (Fsp3) is 0. The van der Waals surface area contributed by atoms with E-state index in [2.05, 4.69) is 87.2 Å². The third-order valence-corrected chi connectivity index (χ3v) is 7.41. The lowest BCUT2D eigenvalue weighted by atomic mass is 10.0. The highest BCUT2D eigenvalue weighted by Crippen LogP contribution is 2.39. The van der Waals surface area contributed by atoms with Crippen LogP contribution in [0.5, 0.6) is 0 Å². The molecule has 7 rings (SSSR count). The van der Waals surface area contributed by atoms with E-state index in [0.717, 1.165) is 53.9 Å². The lowest BCUT2D eigenvalue weighted by Gasteiger charge is -2.15. The van der Waals surface area contributed by atoms with Crippen molar-refractivity contribution in [3.63, 3.8) is 0 Å². The highest BCUT2D eigenvalue weighted by Gasteiger charge is 2.18. The summed E-state index contributed by atoms with van der Waals surface area (Å²) in [4.78, 5) is 13.1. The molecule has 0 saturated heterocycles. The molecule has 35 heavy (non-hydrogen) atoms. The molecule has 0 N–H and O–H groups in total. The van der Waals surface area contributed by atoms with Gasteiger partial charge in [-0.25, -0.2) is 4.79 Å². The standard InChI is InChI=1S/C31H18BrNO2/c32-26-13-5-1-9-19(26)20-10-2-6-14-27(20)33-28-15-7-3-11-21(28)24-17-23-22-12-4-8-16-30(22)35-31(34)25(23)18-29(24)33/h1-18H. The molecule has 0 radical (unpaired) electrons. The van der Waals surface area contributed by atoms with Gasteiger partial charge in [-0.3, -0.25) is 0 Å². The van der Waals surface area contributed by atoms with E-state index in [1.165, 1.54) is 0 Å². The Balaban J connectivity index is 1.67. The first-order chi connectivity index (χ1) is 17.2. The quantitative estimate of drug-likeness (QED) is 0.171. The van der Waals surface area contributed by atoms with Gasteiger partial charge in [-0.2, -0.15) is 0 Å². The Bertz CT molecular complexity index is 2000. The van der Waals surface area contributed by atoms with Crippen molar-refractivity contribution in [2.75, 3.05) is 0 Å². The second-order valence-electron chi connectivity index (χ2n) is 8.65. The first-order valence-electron chi connectivity index (χ1n) is 11.4. The molecule has 0 atom stereocenters. The van der Waals surface area contributed by atoms with Crippen LogP contribution in [0, 0.1) is 0 Å². The van der Waals surface area contributed by atoms with Gasteiger partial charge in [0.05, 0.1) is 22.1 Å². The van der Waals surface area contributed by atoms with Crippen LogP contribution >= 0.6 is 15.9 Å². The molecule has 0 amide bonds. The van der Waals surface area contributed by atoms with E-state index in [-0.39, 0.29) is 5.63 Å². The van der Waals surface area contributed by atoms with Crippen molar-refractivity contribution in [1.82, 2.24) is 4.57 Å². The minimum Gasteiger partial charge on any atom is -0.422 e. The monoisotopic (exact) mass is 515 g/mol. The molecule has 0 bridgehead atoms. The summed E-state index contributed by atoms with van der Waals surface area (Å²) in [6.07, 6.45) is 0. The van der Waals surface area contributed by atoms with E-state index in [4.69, 9.17) is 4.42 Å². The predicted octanol–water partition coefficient (Wildman–Crippen LogP) is 8.47. The largest absolute Gasteiger partial charge is 0.422 e. The summed E-state index contributed by atoms with van der Waals surface area (Å²) in [5.41, 5.74) is 5.61. The van der Waals surface area contributed by atoms with E-state index in [9.17, 15) is 4.79 Å². The Morgan fingerprint density at radius 3 is 2.11 bits per heavy atom. The number of aromatic nitrogens is 1. The number of fused-ring (bicyclic) bond motifs is 6. The maximum absolute atomic E-state index is 13.1. The Morgan fingerprint density at radius 2 is 1.26 bits per heavy atom. The molecule has 3 nitrogen and oxygen atoms in total. The average Bonchev–Trinajstić information content (AvgIpc) is 3.22. The molecular weight excluding hydrogens is 498 g/mol. The van der Waals surface area contributed by atoms with Crippen molar-refractivity contribution < 1.29 is 4.42 Å². The molecule has 2 heterocycles. The summed E-state index contributed by atoms with van der Waals surface area (Å²) in [6, 6.07) is 36.9. The molecule has 5 aromatic carbocycles. The molecule has 0 unspecified atom stereocenters. The van der Waals surface area contributed by atoms with E-state index in [0.29, 0.717) is 11.0 Å². The van der Waals surface area contributed by atoms with Crippen LogP contribution in [-0.2, 0) is 0 Å². The Kier molecular flexibility index (Phi) is 4.45. The third-order valence-electron chi connectivity index (χ3n) is 6.72. The van der Waals surface area contributed by atoms with Crippen LogP contribution in [0.3, 0.4) is 0 Å². The summed E-state index contributed by atoms with van der Waals surface area (Å²) >= 11 is 3.73. The molecule has 7 aromatic rings. The average molecular weight is 516 g/mol. The molecular formula is C31H18BrNO2. The number of rotatable bonds is 2. The Morgan fingerprint density at radius 1 is 0.571 bits per heavy atom. The topological polar surface area (TPSA) is 35.1 Å². The zero-order chi connectivity index (χ0) is 23.5. The Hall–Kier alpha value is -4.15. The normalized spacial score (nSPS) is 11.7. The van der Waals surface area contributed by atoms with Gasteiger partial charge in [0.15, 0.2) is 0 Å². The van der Waals surface area contributed by atoms with E-state index in [1.807, 2.05) is 42.5 Å². The molecule has 0 aliphatic carbocycles. The van der Waals surface area contributed by atoms with Crippen LogP contribution in [0.25, 0.3) is 60.4 Å². The van der Waals surface area contributed by atoms with Gasteiger partial charge in [-0.15, -0.1) is 0 Å². The fourth-order valence-corrected chi connectivity index (χ4v) is 5.67. The number of para-hydroxylation sites is 3. The van der Waals surface area contributed by atoms with Crippen LogP contribution in [0.2, 0.25) is 0 Å². The number of halogens is 1. The lowest BCUT2D eigenvalue weighted by molar-refractivity contribution is 0.570. The van der Waals surface area contributed by atoms with Crippen molar-refractivity contribution in [3.8, 4) is 16.8 Å². The van der Waals surface area contributed by atoms with Crippen LogP contribution in [0.1, 0.15) is 0 Å². The maximum Gasteiger partial charge on any atom is 0.344 e. The van der Waals surface area contributed by atoms with Crippen molar-refractivity contribution >= 4 is 59.5 Å². The highest BCUT2D eigenvalue weighted by molar-refractivity contribution is 9.10. The van der Waals surface area contributed by atoms with E-state index < -0.39 is 0 Å². The SMILES string of the molecule is O=c1oc2ccccc2c2cc3c4ccccc4n(-c4ccccc4-c4ccccc4Br)c3cc12. The van der Waals surface area contributed by atoms with Gasteiger partial charge in [-0.05, 0) is 42.0 Å². The molecule has 166 valence electrons. The predicted molar refractivity (Wildman–Crippen MR) is 147 cm³/mol. The molecule has 0 aliphatic rings.